The van der Waals surface area contributed by atoms with Crippen LogP contribution in [0.25, 0.3) is 0 Å². The van der Waals surface area contributed by atoms with Gasteiger partial charge in [-0.15, -0.1) is 0 Å². The minimum Gasteiger partial charge on any atom is -0.743 e. The molecule has 1 aromatic rings. The second kappa shape index (κ2) is 8.01. The Balaban J connectivity index is 1.36. The molecular weight excluding hydrogens is 572 g/mol. The number of hydrogen-bond donors (Lipinski definition) is 0. The maximum atomic E-state index is 13.5. The Morgan fingerprint density at radius 3 is 2.69 bits per heavy atom. The zero-order valence-corrected chi connectivity index (χ0v) is 19.2. The highest BCUT2D eigenvalue weighted by Crippen LogP contribution is 2.58. The number of benzene rings is 1. The summed E-state index contributed by atoms with van der Waals surface area (Å²) in [7, 11) is -6.17. The van der Waals surface area contributed by atoms with Crippen molar-refractivity contribution in [3.05, 3.63) is 27.3 Å². The third kappa shape index (κ3) is 3.85. The van der Waals surface area contributed by atoms with E-state index in [2.05, 4.69) is 22.6 Å². The van der Waals surface area contributed by atoms with Gasteiger partial charge in [0.2, 0.25) is 0 Å². The zero-order chi connectivity index (χ0) is 23.5. The number of fused-ring (bicyclic) bond motifs is 4. The molecule has 0 N–H and O–H groups in total. The first kappa shape index (κ1) is 23.5. The van der Waals surface area contributed by atoms with Crippen molar-refractivity contribution in [1.29, 1.82) is 0 Å². The lowest BCUT2D eigenvalue weighted by Gasteiger charge is -2.41. The summed E-state index contributed by atoms with van der Waals surface area (Å²) in [5, 5.41) is -5.10. The molecule has 2 saturated carbocycles. The summed E-state index contributed by atoms with van der Waals surface area (Å²) in [5.41, 5.74) is 0.318. The van der Waals surface area contributed by atoms with Gasteiger partial charge in [0, 0.05) is 18.8 Å². The minimum absolute atomic E-state index is 0.242. The molecular formula is C19H17F3IO8S-. The lowest BCUT2D eigenvalue weighted by Crippen LogP contribution is -2.50. The monoisotopic (exact) mass is 589 g/mol. The van der Waals surface area contributed by atoms with Crippen molar-refractivity contribution < 1.29 is 49.9 Å². The molecule has 0 saturated heterocycles. The summed E-state index contributed by atoms with van der Waals surface area (Å²) in [5.74, 6) is -3.19. The average Bonchev–Trinajstić information content (AvgIpc) is 3.26. The smallest absolute Gasteiger partial charge is 0.364 e. The van der Waals surface area contributed by atoms with Gasteiger partial charge in [0.05, 0.1) is 16.1 Å². The molecule has 0 radical (unpaired) electrons. The van der Waals surface area contributed by atoms with Crippen LogP contribution in [0.2, 0.25) is 0 Å². The minimum atomic E-state index is -6.17. The molecule has 5 atom stereocenters. The fraction of sp³-hybridized carbons (Fsp3) is 0.579. The Morgan fingerprint density at radius 2 is 2.06 bits per heavy atom. The van der Waals surface area contributed by atoms with E-state index in [1.165, 1.54) is 0 Å². The van der Waals surface area contributed by atoms with Crippen LogP contribution in [0.3, 0.4) is 0 Å². The van der Waals surface area contributed by atoms with E-state index in [1.807, 2.05) is 0 Å². The second-order valence-electron chi connectivity index (χ2n) is 8.10. The van der Waals surface area contributed by atoms with E-state index in [4.69, 9.17) is 14.2 Å². The van der Waals surface area contributed by atoms with Crippen LogP contribution >= 0.6 is 22.6 Å². The number of hydrogen-bond acceptors (Lipinski definition) is 8. The molecule has 5 unspecified atom stereocenters. The zero-order valence-electron chi connectivity index (χ0n) is 16.3. The first-order chi connectivity index (χ1) is 14.9. The predicted molar refractivity (Wildman–Crippen MR) is 107 cm³/mol. The molecule has 4 rings (SSSR count). The topological polar surface area (TPSA) is 119 Å². The van der Waals surface area contributed by atoms with Gasteiger partial charge in [-0.2, -0.15) is 8.78 Å². The number of carbonyl (C=O) groups is 2. The molecule has 13 heteroatoms. The van der Waals surface area contributed by atoms with Crippen molar-refractivity contribution in [2.45, 2.75) is 42.9 Å². The predicted octanol–water partition coefficient (Wildman–Crippen LogP) is 2.99. The number of ether oxygens (including phenoxy) is 3. The molecule has 1 aromatic carbocycles. The van der Waals surface area contributed by atoms with Gasteiger partial charge < -0.3 is 18.8 Å². The van der Waals surface area contributed by atoms with Gasteiger partial charge in [0.1, 0.15) is 5.56 Å². The summed E-state index contributed by atoms with van der Waals surface area (Å²) < 4.78 is 88.5. The van der Waals surface area contributed by atoms with Gasteiger partial charge >= 0.3 is 17.2 Å². The highest BCUT2D eigenvalue weighted by atomic mass is 127. The summed E-state index contributed by atoms with van der Waals surface area (Å²) >= 11 is 2.05. The van der Waals surface area contributed by atoms with E-state index in [0.29, 0.717) is 17.7 Å². The molecule has 2 fully saturated rings. The molecule has 3 aliphatic rings. The number of esters is 2. The van der Waals surface area contributed by atoms with Crippen LogP contribution in [0.5, 0.6) is 5.75 Å². The van der Waals surface area contributed by atoms with E-state index >= 15 is 0 Å². The second-order valence-corrected chi connectivity index (χ2v) is 10.7. The molecule has 2 bridgehead atoms. The summed E-state index contributed by atoms with van der Waals surface area (Å²) in [6, 6.07) is 5.10. The molecule has 2 aliphatic carbocycles. The molecule has 0 aromatic heterocycles. The van der Waals surface area contributed by atoms with Crippen molar-refractivity contribution >= 4 is 44.6 Å². The normalized spacial score (nSPS) is 29.9. The highest BCUT2D eigenvalue weighted by Gasteiger charge is 2.63. The number of carbonyl (C=O) groups excluding carboxylic acids is 2. The van der Waals surface area contributed by atoms with Crippen LogP contribution in [0.4, 0.5) is 13.2 Å². The van der Waals surface area contributed by atoms with Gasteiger partial charge in [-0.05, 0) is 53.5 Å². The molecule has 1 heterocycles. The third-order valence-electron chi connectivity index (χ3n) is 6.21. The number of para-hydroxylation sites is 1. The number of rotatable bonds is 6. The molecule has 32 heavy (non-hydrogen) atoms. The molecule has 8 nitrogen and oxygen atoms in total. The van der Waals surface area contributed by atoms with Crippen molar-refractivity contribution in [3.63, 3.8) is 0 Å². The van der Waals surface area contributed by atoms with Crippen LogP contribution in [-0.2, 0) is 24.4 Å². The van der Waals surface area contributed by atoms with Crippen LogP contribution < -0.4 is 4.74 Å². The van der Waals surface area contributed by atoms with Crippen LogP contribution in [0.15, 0.2) is 18.2 Å². The van der Waals surface area contributed by atoms with Gasteiger partial charge in [0.25, 0.3) is 5.79 Å². The van der Waals surface area contributed by atoms with Crippen molar-refractivity contribution in [3.8, 4) is 5.75 Å². The van der Waals surface area contributed by atoms with Gasteiger partial charge in [0.15, 0.2) is 22.0 Å². The lowest BCUT2D eigenvalue weighted by molar-refractivity contribution is -0.193. The Labute approximate surface area is 194 Å². The SMILES string of the molecule is O=C1OC2(CC3CC2CC3C(=O)OCCC(F)C(F)(F)S(=O)(=O)[O-])Oc2c(I)cccc21. The molecule has 1 spiro atoms. The largest absolute Gasteiger partial charge is 0.743 e. The molecule has 1 aliphatic heterocycles. The summed E-state index contributed by atoms with van der Waals surface area (Å²) in [6.45, 7) is -0.804. The Bertz CT molecular complexity index is 1060. The quantitative estimate of drug-likeness (QED) is 0.283. The fourth-order valence-corrected chi connectivity index (χ4v) is 5.69. The maximum absolute atomic E-state index is 13.5. The van der Waals surface area contributed by atoms with Gasteiger partial charge in [-0.1, -0.05) is 6.07 Å². The first-order valence-corrected chi connectivity index (χ1v) is 12.2. The van der Waals surface area contributed by atoms with Crippen LogP contribution in [-0.4, -0.2) is 48.7 Å². The van der Waals surface area contributed by atoms with Gasteiger partial charge in [-0.25, -0.2) is 17.6 Å². The van der Waals surface area contributed by atoms with E-state index in [1.54, 1.807) is 18.2 Å². The summed E-state index contributed by atoms with van der Waals surface area (Å²) in [6.07, 6.45) is -3.41. The van der Waals surface area contributed by atoms with Crippen molar-refractivity contribution in [1.82, 2.24) is 0 Å². The fourth-order valence-electron chi connectivity index (χ4n) is 4.65. The van der Waals surface area contributed by atoms with E-state index < -0.39 is 58.2 Å². The van der Waals surface area contributed by atoms with Gasteiger partial charge in [-0.3, -0.25) is 4.79 Å². The highest BCUT2D eigenvalue weighted by molar-refractivity contribution is 14.1. The standard InChI is InChI=1S/C19H18F3IO8S/c20-14(19(21,22)32(26,27)28)4-5-29-16(24)12-7-10-6-9(12)8-18(10)30-15-11(17(25)31-18)2-1-3-13(15)23/h1-3,9-10,12,14H,4-8H2,(H,26,27,28)/p-1. The van der Waals surface area contributed by atoms with Crippen molar-refractivity contribution in [2.24, 2.45) is 17.8 Å². The Hall–Kier alpha value is -1.61. The van der Waals surface area contributed by atoms with Crippen molar-refractivity contribution in [2.75, 3.05) is 6.61 Å². The Kier molecular flexibility index (Phi) is 5.89. The molecule has 0 amide bonds. The van der Waals surface area contributed by atoms with Crippen LogP contribution in [0.1, 0.15) is 36.0 Å². The number of halogens is 4. The van der Waals surface area contributed by atoms with E-state index in [-0.39, 0.29) is 24.7 Å². The lowest BCUT2D eigenvalue weighted by atomic mass is 9.84. The summed E-state index contributed by atoms with van der Waals surface area (Å²) in [4.78, 5) is 24.9. The first-order valence-electron chi connectivity index (χ1n) is 9.70. The van der Waals surface area contributed by atoms with E-state index in [0.717, 1.165) is 3.57 Å². The average molecular weight is 589 g/mol. The maximum Gasteiger partial charge on any atom is 0.364 e. The Morgan fingerprint density at radius 1 is 1.34 bits per heavy atom. The number of alkyl halides is 3. The van der Waals surface area contributed by atoms with Crippen LogP contribution in [0, 0.1) is 21.3 Å². The third-order valence-corrected chi connectivity index (χ3v) is 7.98. The molecule has 176 valence electrons. The van der Waals surface area contributed by atoms with E-state index in [9.17, 15) is 35.7 Å².